The van der Waals surface area contributed by atoms with E-state index in [1.54, 1.807) is 0 Å². The molecule has 1 aliphatic heterocycles. The summed E-state index contributed by atoms with van der Waals surface area (Å²) in [6, 6.07) is 17.5. The Balaban J connectivity index is 1.61. The average Bonchev–Trinajstić information content (AvgIpc) is 2.62. The topological polar surface area (TPSA) is 6.48 Å². The number of thiocarbonyl (C=S) groups is 1. The van der Waals surface area contributed by atoms with Gasteiger partial charge in [0.2, 0.25) is 0 Å². The third-order valence-corrected chi connectivity index (χ3v) is 5.28. The maximum Gasteiger partial charge on any atom is 0.109 e. The largest absolute Gasteiger partial charge is 0.368 e. The molecule has 0 N–H and O–H groups in total. The SMILES string of the molecule is Cc1ccc(N2CCN(C(=S)c3ccc(C(C)C)cc3)CC2)cc1. The van der Waals surface area contributed by atoms with Gasteiger partial charge < -0.3 is 9.80 Å². The second-order valence-electron chi connectivity index (χ2n) is 6.89. The molecule has 1 saturated heterocycles. The predicted octanol–water partition coefficient (Wildman–Crippen LogP) is 4.62. The second kappa shape index (κ2) is 7.35. The lowest BCUT2D eigenvalue weighted by atomic mass is 10.0. The average molecular weight is 339 g/mol. The Morgan fingerprint density at radius 2 is 1.46 bits per heavy atom. The molecule has 1 heterocycles. The van der Waals surface area contributed by atoms with Crippen LogP contribution in [0.3, 0.4) is 0 Å². The molecule has 126 valence electrons. The number of anilines is 1. The quantitative estimate of drug-likeness (QED) is 0.754. The van der Waals surface area contributed by atoms with Crippen molar-refractivity contribution in [3.05, 3.63) is 65.2 Å². The Morgan fingerprint density at radius 1 is 0.875 bits per heavy atom. The zero-order valence-corrected chi connectivity index (χ0v) is 15.6. The van der Waals surface area contributed by atoms with Gasteiger partial charge in [-0.15, -0.1) is 0 Å². The van der Waals surface area contributed by atoms with Crippen LogP contribution in [0.25, 0.3) is 0 Å². The van der Waals surface area contributed by atoms with E-state index >= 15 is 0 Å². The number of nitrogens with zero attached hydrogens (tertiary/aromatic N) is 2. The summed E-state index contributed by atoms with van der Waals surface area (Å²) >= 11 is 5.73. The third-order valence-electron chi connectivity index (χ3n) is 4.79. The molecule has 2 aromatic carbocycles. The summed E-state index contributed by atoms with van der Waals surface area (Å²) in [6.07, 6.45) is 0. The van der Waals surface area contributed by atoms with Gasteiger partial charge in [-0.3, -0.25) is 0 Å². The molecular formula is C21H26N2S. The van der Waals surface area contributed by atoms with Crippen molar-refractivity contribution in [2.45, 2.75) is 26.7 Å². The molecule has 24 heavy (non-hydrogen) atoms. The van der Waals surface area contributed by atoms with Crippen molar-refractivity contribution in [3.8, 4) is 0 Å². The number of hydrogen-bond acceptors (Lipinski definition) is 2. The normalized spacial score (nSPS) is 15.0. The Morgan fingerprint density at radius 3 is 2.00 bits per heavy atom. The standard InChI is InChI=1S/C21H26N2S/c1-16(2)18-6-8-19(9-7-18)21(24)23-14-12-22(13-15-23)20-10-4-17(3)5-11-20/h4-11,16H,12-15H2,1-3H3. The van der Waals surface area contributed by atoms with E-state index in [4.69, 9.17) is 12.2 Å². The van der Waals surface area contributed by atoms with Gasteiger partial charge in [-0.1, -0.05) is 68.0 Å². The van der Waals surface area contributed by atoms with Crippen LogP contribution < -0.4 is 4.90 Å². The molecule has 0 bridgehead atoms. The first kappa shape index (κ1) is 17.0. The summed E-state index contributed by atoms with van der Waals surface area (Å²) in [5, 5.41) is 0. The fraction of sp³-hybridized carbons (Fsp3) is 0.381. The van der Waals surface area contributed by atoms with Crippen molar-refractivity contribution in [1.82, 2.24) is 4.90 Å². The van der Waals surface area contributed by atoms with Crippen LogP contribution in [0.4, 0.5) is 5.69 Å². The van der Waals surface area contributed by atoms with Crippen LogP contribution in [0, 0.1) is 6.92 Å². The van der Waals surface area contributed by atoms with Crippen molar-refractivity contribution in [2.24, 2.45) is 0 Å². The second-order valence-corrected chi connectivity index (χ2v) is 7.28. The molecule has 0 spiro atoms. The fourth-order valence-corrected chi connectivity index (χ4v) is 3.44. The number of piperazine rings is 1. The van der Waals surface area contributed by atoms with Crippen molar-refractivity contribution < 1.29 is 0 Å². The van der Waals surface area contributed by atoms with Crippen molar-refractivity contribution >= 4 is 22.9 Å². The highest BCUT2D eigenvalue weighted by atomic mass is 32.1. The van der Waals surface area contributed by atoms with Crippen LogP contribution in [-0.4, -0.2) is 36.1 Å². The molecule has 0 radical (unpaired) electrons. The summed E-state index contributed by atoms with van der Waals surface area (Å²) < 4.78 is 0. The lowest BCUT2D eigenvalue weighted by Crippen LogP contribution is -2.48. The minimum atomic E-state index is 0.561. The zero-order valence-electron chi connectivity index (χ0n) is 14.8. The number of benzene rings is 2. The highest BCUT2D eigenvalue weighted by molar-refractivity contribution is 7.80. The van der Waals surface area contributed by atoms with Crippen molar-refractivity contribution in [2.75, 3.05) is 31.1 Å². The van der Waals surface area contributed by atoms with Crippen LogP contribution in [0.15, 0.2) is 48.5 Å². The maximum absolute atomic E-state index is 5.73. The van der Waals surface area contributed by atoms with Crippen LogP contribution in [0.5, 0.6) is 0 Å². The molecule has 0 unspecified atom stereocenters. The van der Waals surface area contributed by atoms with Gasteiger partial charge in [-0.05, 0) is 30.5 Å². The van der Waals surface area contributed by atoms with Crippen LogP contribution in [0.1, 0.15) is 36.5 Å². The first-order valence-electron chi connectivity index (χ1n) is 8.75. The molecule has 0 atom stereocenters. The molecule has 3 rings (SSSR count). The molecule has 0 aliphatic carbocycles. The van der Waals surface area contributed by atoms with E-state index in [0.29, 0.717) is 5.92 Å². The van der Waals surface area contributed by atoms with Crippen LogP contribution in [0.2, 0.25) is 0 Å². The molecule has 1 aliphatic rings. The first-order valence-corrected chi connectivity index (χ1v) is 9.16. The summed E-state index contributed by atoms with van der Waals surface area (Å²) in [6.45, 7) is 10.6. The smallest absolute Gasteiger partial charge is 0.109 e. The van der Waals surface area contributed by atoms with E-state index in [1.807, 2.05) is 0 Å². The van der Waals surface area contributed by atoms with Gasteiger partial charge in [0.05, 0.1) is 0 Å². The summed E-state index contributed by atoms with van der Waals surface area (Å²) in [7, 11) is 0. The van der Waals surface area contributed by atoms with Gasteiger partial charge in [0.15, 0.2) is 0 Å². The number of rotatable bonds is 3. The van der Waals surface area contributed by atoms with E-state index in [0.717, 1.165) is 36.7 Å². The van der Waals surface area contributed by atoms with E-state index in [1.165, 1.54) is 16.8 Å². The molecule has 0 amide bonds. The monoisotopic (exact) mass is 338 g/mol. The first-order chi connectivity index (χ1) is 11.5. The van der Waals surface area contributed by atoms with Gasteiger partial charge in [-0.25, -0.2) is 0 Å². The Kier molecular flexibility index (Phi) is 5.20. The van der Waals surface area contributed by atoms with Crippen molar-refractivity contribution in [1.29, 1.82) is 0 Å². The maximum atomic E-state index is 5.73. The summed E-state index contributed by atoms with van der Waals surface area (Å²) in [5.41, 5.74) is 5.15. The van der Waals surface area contributed by atoms with Crippen LogP contribution >= 0.6 is 12.2 Å². The fourth-order valence-electron chi connectivity index (χ4n) is 3.12. The highest BCUT2D eigenvalue weighted by Gasteiger charge is 2.20. The lowest BCUT2D eigenvalue weighted by Gasteiger charge is -2.37. The van der Waals surface area contributed by atoms with Gasteiger partial charge >= 0.3 is 0 Å². The van der Waals surface area contributed by atoms with Crippen molar-refractivity contribution in [3.63, 3.8) is 0 Å². The van der Waals surface area contributed by atoms with E-state index in [9.17, 15) is 0 Å². The molecule has 1 fully saturated rings. The number of hydrogen-bond donors (Lipinski definition) is 0. The minimum Gasteiger partial charge on any atom is -0.368 e. The van der Waals surface area contributed by atoms with Gasteiger partial charge in [0.1, 0.15) is 4.99 Å². The third kappa shape index (κ3) is 3.78. The van der Waals surface area contributed by atoms with Gasteiger partial charge in [0, 0.05) is 37.4 Å². The van der Waals surface area contributed by atoms with Crippen LogP contribution in [-0.2, 0) is 0 Å². The van der Waals surface area contributed by atoms with E-state index < -0.39 is 0 Å². The molecule has 0 saturated carbocycles. The Bertz CT molecular complexity index is 681. The molecular weight excluding hydrogens is 312 g/mol. The Hall–Kier alpha value is -1.87. The molecule has 2 aromatic rings. The Labute approximate surface area is 151 Å². The summed E-state index contributed by atoms with van der Waals surface area (Å²) in [5.74, 6) is 0.561. The zero-order chi connectivity index (χ0) is 17.1. The van der Waals surface area contributed by atoms with E-state index in [2.05, 4.69) is 79.1 Å². The van der Waals surface area contributed by atoms with Gasteiger partial charge in [-0.2, -0.15) is 0 Å². The molecule has 3 heteroatoms. The number of aryl methyl sites for hydroxylation is 1. The molecule has 2 nitrogen and oxygen atoms in total. The minimum absolute atomic E-state index is 0.561. The highest BCUT2D eigenvalue weighted by Crippen LogP contribution is 2.20. The predicted molar refractivity (Wildman–Crippen MR) is 107 cm³/mol. The van der Waals surface area contributed by atoms with E-state index in [-0.39, 0.29) is 0 Å². The lowest BCUT2D eigenvalue weighted by molar-refractivity contribution is 0.392. The summed E-state index contributed by atoms with van der Waals surface area (Å²) in [4.78, 5) is 5.76. The van der Waals surface area contributed by atoms with Gasteiger partial charge in [0.25, 0.3) is 0 Å². The molecule has 0 aromatic heterocycles.